The van der Waals surface area contributed by atoms with Gasteiger partial charge in [-0.2, -0.15) is 0 Å². The molecule has 0 rings (SSSR count). The van der Waals surface area contributed by atoms with E-state index in [0.717, 1.165) is 89.9 Å². The Morgan fingerprint density at radius 1 is 0.392 bits per heavy atom. The normalized spacial score (nSPS) is 13.2. The zero-order valence-corrected chi connectivity index (χ0v) is 52.3. The molecule has 0 aliphatic rings. The van der Waals surface area contributed by atoms with E-state index in [1.165, 1.54) is 180 Å². The van der Waals surface area contributed by atoms with Crippen LogP contribution in [0.15, 0.2) is 72.9 Å². The minimum atomic E-state index is -1.51. The number of carboxylic acid groups (broad SMARTS) is 1. The standard InChI is InChI=1S/C70H125NO8/c1-6-8-10-12-14-16-18-20-21-22-23-24-25-26-27-28-29-30-31-32-33-34-35-36-37-38-39-40-41-42-43-44-45-46-47-49-51-53-55-57-59-61-68(73)79-66(65-78-70(69(74)75)76-63-62-71(3,4)5)64-77-67(72)60-58-56-54-52-50-48-19-17-15-13-11-9-7-2/h8,10,14,16-17,19-21,23-24,26-27,66,70H,6-7,9,11-13,15,18,22,25,28-65H2,1-5H3/p+1/b10-8-,16-14-,19-17-,21-20-,24-23-,27-26-. The highest BCUT2D eigenvalue weighted by Gasteiger charge is 2.25. The summed E-state index contributed by atoms with van der Waals surface area (Å²) in [5, 5.41) is 9.70. The first-order chi connectivity index (χ1) is 38.6. The van der Waals surface area contributed by atoms with Crippen molar-refractivity contribution in [3.05, 3.63) is 72.9 Å². The summed E-state index contributed by atoms with van der Waals surface area (Å²) in [5.41, 5.74) is 0. The number of carbonyl (C=O) groups excluding carboxylic acids is 2. The van der Waals surface area contributed by atoms with E-state index in [-0.39, 0.29) is 32.2 Å². The Labute approximate surface area is 487 Å². The van der Waals surface area contributed by atoms with Crippen molar-refractivity contribution >= 4 is 17.9 Å². The minimum Gasteiger partial charge on any atom is -0.477 e. The van der Waals surface area contributed by atoms with Gasteiger partial charge in [0.05, 0.1) is 34.4 Å². The molecule has 0 spiro atoms. The molecular formula is C70H126NO8+. The van der Waals surface area contributed by atoms with E-state index in [1.807, 2.05) is 21.1 Å². The first kappa shape index (κ1) is 75.7. The maximum atomic E-state index is 12.9. The van der Waals surface area contributed by atoms with E-state index in [1.54, 1.807) is 0 Å². The lowest BCUT2D eigenvalue weighted by Gasteiger charge is -2.25. The summed E-state index contributed by atoms with van der Waals surface area (Å²) in [6.07, 6.45) is 77.5. The fourth-order valence-corrected chi connectivity index (χ4v) is 9.39. The SMILES string of the molecule is CC/C=C\C/C=C\C/C=C\C/C=C\C/C=C\CCCCCCCCCCCCCCCCCCCCCCCCCCCC(=O)OC(COC(=O)CCCCCCC/C=C\CCCCCC)COC(OCC[N+](C)(C)C)C(=O)O. The maximum Gasteiger partial charge on any atom is 0.361 e. The van der Waals surface area contributed by atoms with E-state index >= 15 is 0 Å². The lowest BCUT2D eigenvalue weighted by atomic mass is 10.0. The van der Waals surface area contributed by atoms with Crippen LogP contribution in [0.5, 0.6) is 0 Å². The monoisotopic (exact) mass is 1110 g/mol. The Morgan fingerprint density at radius 3 is 1.09 bits per heavy atom. The third-order valence-electron chi connectivity index (χ3n) is 14.4. The number of aliphatic carboxylic acids is 1. The Morgan fingerprint density at radius 2 is 0.722 bits per heavy atom. The first-order valence-corrected chi connectivity index (χ1v) is 33.1. The zero-order valence-electron chi connectivity index (χ0n) is 52.3. The fraction of sp³-hybridized carbons (Fsp3) is 0.786. The Kier molecular flexibility index (Phi) is 58.3. The first-order valence-electron chi connectivity index (χ1n) is 33.1. The van der Waals surface area contributed by atoms with Gasteiger partial charge in [-0.3, -0.25) is 9.59 Å². The average molecular weight is 1110 g/mol. The summed E-state index contributed by atoms with van der Waals surface area (Å²) in [4.78, 5) is 37.4. The van der Waals surface area contributed by atoms with Crippen LogP contribution in [0.2, 0.25) is 0 Å². The van der Waals surface area contributed by atoms with E-state index in [4.69, 9.17) is 18.9 Å². The van der Waals surface area contributed by atoms with Gasteiger partial charge in [0.1, 0.15) is 13.2 Å². The number of ether oxygens (including phenoxy) is 4. The molecule has 9 heteroatoms. The van der Waals surface area contributed by atoms with Crippen LogP contribution in [0.1, 0.15) is 296 Å². The number of carboxylic acids is 1. The average Bonchev–Trinajstić information content (AvgIpc) is 3.42. The molecule has 0 saturated carbocycles. The van der Waals surface area contributed by atoms with Crippen molar-refractivity contribution in [2.24, 2.45) is 0 Å². The summed E-state index contributed by atoms with van der Waals surface area (Å²) in [7, 11) is 5.97. The van der Waals surface area contributed by atoms with Crippen molar-refractivity contribution in [1.29, 1.82) is 0 Å². The molecule has 0 amide bonds. The molecule has 0 bridgehead atoms. The summed E-state index contributed by atoms with van der Waals surface area (Å²) in [6, 6.07) is 0. The molecule has 2 atom stereocenters. The maximum absolute atomic E-state index is 12.9. The van der Waals surface area contributed by atoms with E-state index < -0.39 is 24.3 Å². The second kappa shape index (κ2) is 60.8. The molecule has 1 N–H and O–H groups in total. The van der Waals surface area contributed by atoms with E-state index in [2.05, 4.69) is 86.8 Å². The summed E-state index contributed by atoms with van der Waals surface area (Å²) < 4.78 is 22.9. The second-order valence-corrected chi connectivity index (χ2v) is 23.4. The highest BCUT2D eigenvalue weighted by molar-refractivity contribution is 5.71. The second-order valence-electron chi connectivity index (χ2n) is 23.4. The van der Waals surface area contributed by atoms with Crippen molar-refractivity contribution in [2.45, 2.75) is 309 Å². The molecule has 458 valence electrons. The molecule has 0 aromatic heterocycles. The number of hydrogen-bond acceptors (Lipinski definition) is 7. The van der Waals surface area contributed by atoms with E-state index in [0.29, 0.717) is 17.4 Å². The molecular weight excluding hydrogens is 983 g/mol. The number of quaternary nitrogens is 1. The van der Waals surface area contributed by atoms with Gasteiger partial charge in [0, 0.05) is 12.8 Å². The van der Waals surface area contributed by atoms with Crippen molar-refractivity contribution in [3.63, 3.8) is 0 Å². The van der Waals surface area contributed by atoms with Crippen LogP contribution in [-0.4, -0.2) is 87.4 Å². The number of likely N-dealkylation sites (N-methyl/N-ethyl adjacent to an activating group) is 1. The summed E-state index contributed by atoms with van der Waals surface area (Å²) in [6.45, 7) is 4.76. The van der Waals surface area contributed by atoms with Gasteiger partial charge in [-0.15, -0.1) is 0 Å². The molecule has 79 heavy (non-hydrogen) atoms. The smallest absolute Gasteiger partial charge is 0.361 e. The molecule has 0 aliphatic carbocycles. The third kappa shape index (κ3) is 62.2. The number of carbonyl (C=O) groups is 3. The van der Waals surface area contributed by atoms with Gasteiger partial charge in [0.15, 0.2) is 6.10 Å². The number of allylic oxidation sites excluding steroid dienone is 12. The fourth-order valence-electron chi connectivity index (χ4n) is 9.39. The van der Waals surface area contributed by atoms with Crippen molar-refractivity contribution < 1.29 is 42.9 Å². The highest BCUT2D eigenvalue weighted by atomic mass is 16.7. The molecule has 0 aromatic rings. The predicted molar refractivity (Wildman–Crippen MR) is 336 cm³/mol. The topological polar surface area (TPSA) is 108 Å². The summed E-state index contributed by atoms with van der Waals surface area (Å²) >= 11 is 0. The number of rotatable bonds is 61. The van der Waals surface area contributed by atoms with Gasteiger partial charge in [-0.1, -0.05) is 273 Å². The lowest BCUT2D eigenvalue weighted by molar-refractivity contribution is -0.870. The number of hydrogen-bond donors (Lipinski definition) is 1. The van der Waals surface area contributed by atoms with Crippen LogP contribution in [0, 0.1) is 0 Å². The van der Waals surface area contributed by atoms with Gasteiger partial charge in [0.25, 0.3) is 6.29 Å². The molecule has 0 aromatic carbocycles. The van der Waals surface area contributed by atoms with Crippen molar-refractivity contribution in [3.8, 4) is 0 Å². The van der Waals surface area contributed by atoms with Gasteiger partial charge < -0.3 is 28.5 Å². The molecule has 9 nitrogen and oxygen atoms in total. The third-order valence-corrected chi connectivity index (χ3v) is 14.4. The predicted octanol–water partition coefficient (Wildman–Crippen LogP) is 20.1. The van der Waals surface area contributed by atoms with Crippen LogP contribution in [0.4, 0.5) is 0 Å². The van der Waals surface area contributed by atoms with Gasteiger partial charge in [0.2, 0.25) is 0 Å². The van der Waals surface area contributed by atoms with Crippen LogP contribution < -0.4 is 0 Å². The quantitative estimate of drug-likeness (QED) is 0.0211. The number of nitrogens with zero attached hydrogens (tertiary/aromatic N) is 1. The molecule has 0 aliphatic heterocycles. The molecule has 0 heterocycles. The molecule has 0 fully saturated rings. The molecule has 2 unspecified atom stereocenters. The van der Waals surface area contributed by atoms with Crippen LogP contribution in [0.25, 0.3) is 0 Å². The number of esters is 2. The molecule has 0 saturated heterocycles. The van der Waals surface area contributed by atoms with E-state index in [9.17, 15) is 19.5 Å². The van der Waals surface area contributed by atoms with Crippen molar-refractivity contribution in [1.82, 2.24) is 0 Å². The lowest BCUT2D eigenvalue weighted by Crippen LogP contribution is -2.40. The Balaban J connectivity index is 3.92. The highest BCUT2D eigenvalue weighted by Crippen LogP contribution is 2.18. The van der Waals surface area contributed by atoms with Gasteiger partial charge >= 0.3 is 17.9 Å². The van der Waals surface area contributed by atoms with Crippen LogP contribution >= 0.6 is 0 Å². The van der Waals surface area contributed by atoms with Crippen LogP contribution in [-0.2, 0) is 33.3 Å². The zero-order chi connectivity index (χ0) is 57.6. The van der Waals surface area contributed by atoms with Crippen molar-refractivity contribution in [2.75, 3.05) is 47.5 Å². The molecule has 0 radical (unpaired) electrons. The minimum absolute atomic E-state index is 0.184. The Hall–Kier alpha value is -3.27. The van der Waals surface area contributed by atoms with Crippen LogP contribution in [0.3, 0.4) is 0 Å². The number of unbranched alkanes of at least 4 members (excludes halogenated alkanes) is 34. The Bertz CT molecular complexity index is 1520. The largest absolute Gasteiger partial charge is 0.477 e. The van der Waals surface area contributed by atoms with Gasteiger partial charge in [-0.05, 0) is 83.5 Å². The van der Waals surface area contributed by atoms with Gasteiger partial charge in [-0.25, -0.2) is 4.79 Å². The summed E-state index contributed by atoms with van der Waals surface area (Å²) in [5.74, 6) is -2.00.